The van der Waals surface area contributed by atoms with E-state index < -0.39 is 11.7 Å². The van der Waals surface area contributed by atoms with Crippen LogP contribution in [-0.2, 0) is 10.9 Å². The van der Waals surface area contributed by atoms with E-state index in [1.54, 1.807) is 11.9 Å². The molecule has 0 aliphatic carbocycles. The maximum atomic E-state index is 12.7. The van der Waals surface area contributed by atoms with Crippen LogP contribution in [0.2, 0.25) is 0 Å². The summed E-state index contributed by atoms with van der Waals surface area (Å²) < 4.78 is 43.4. The number of ether oxygens (including phenoxy) is 1. The zero-order valence-corrected chi connectivity index (χ0v) is 13.8. The highest BCUT2D eigenvalue weighted by Gasteiger charge is 2.30. The molecule has 1 aliphatic rings. The summed E-state index contributed by atoms with van der Waals surface area (Å²) in [5, 5.41) is 7.64. The summed E-state index contributed by atoms with van der Waals surface area (Å²) in [7, 11) is 1.75. The molecular weight excluding hydrogens is 321 g/mol. The first kappa shape index (κ1) is 18.4. The van der Waals surface area contributed by atoms with E-state index in [0.717, 1.165) is 18.7 Å². The quantitative estimate of drug-likeness (QED) is 0.480. The number of halogens is 3. The lowest BCUT2D eigenvalue weighted by molar-refractivity contribution is -0.137. The number of benzene rings is 1. The lowest BCUT2D eigenvalue weighted by Crippen LogP contribution is -2.48. The van der Waals surface area contributed by atoms with Crippen molar-refractivity contribution >= 4 is 18.2 Å². The summed E-state index contributed by atoms with van der Waals surface area (Å²) in [4.78, 5) is 3.91. The van der Waals surface area contributed by atoms with Crippen LogP contribution in [0.5, 0.6) is 0 Å². The predicted molar refractivity (Wildman–Crippen MR) is 88.7 cm³/mol. The van der Waals surface area contributed by atoms with Gasteiger partial charge in [0.1, 0.15) is 5.84 Å². The summed E-state index contributed by atoms with van der Waals surface area (Å²) >= 11 is 0. The Kier molecular flexibility index (Phi) is 5.95. The summed E-state index contributed by atoms with van der Waals surface area (Å²) in [6, 6.07) is 5.19. The number of nitrogens with zero attached hydrogens (tertiary/aromatic N) is 4. The number of amidine groups is 1. The Labute approximate surface area is 139 Å². The first-order valence-electron chi connectivity index (χ1n) is 7.58. The molecule has 1 aromatic rings. The van der Waals surface area contributed by atoms with Crippen molar-refractivity contribution in [2.75, 3.05) is 38.3 Å². The molecule has 1 atom stereocenters. The van der Waals surface area contributed by atoms with Gasteiger partial charge in [0.25, 0.3) is 0 Å². The zero-order chi connectivity index (χ0) is 17.7. The largest absolute Gasteiger partial charge is 0.416 e. The highest BCUT2D eigenvalue weighted by atomic mass is 19.4. The first-order chi connectivity index (χ1) is 11.3. The lowest BCUT2D eigenvalue weighted by Gasteiger charge is -2.34. The van der Waals surface area contributed by atoms with Crippen molar-refractivity contribution in [1.29, 1.82) is 0 Å². The second-order valence-electron chi connectivity index (χ2n) is 5.66. The van der Waals surface area contributed by atoms with Gasteiger partial charge in [-0.15, -0.1) is 5.10 Å². The fourth-order valence-electron chi connectivity index (χ4n) is 2.49. The molecule has 0 spiro atoms. The van der Waals surface area contributed by atoms with E-state index >= 15 is 0 Å². The molecule has 1 heterocycles. The van der Waals surface area contributed by atoms with Gasteiger partial charge >= 0.3 is 6.18 Å². The van der Waals surface area contributed by atoms with Crippen molar-refractivity contribution in [3.63, 3.8) is 0 Å². The molecule has 8 heteroatoms. The summed E-state index contributed by atoms with van der Waals surface area (Å²) in [5.74, 6) is 0.610. The summed E-state index contributed by atoms with van der Waals surface area (Å²) in [6.45, 7) is 7.99. The van der Waals surface area contributed by atoms with Gasteiger partial charge in [-0.2, -0.15) is 18.3 Å². The SMILES string of the molecule is C=N/N=C(/CN1CCOCC1C)N(C)c1ccc(C(F)(F)F)cc1. The van der Waals surface area contributed by atoms with Gasteiger partial charge in [-0.25, -0.2) is 0 Å². The van der Waals surface area contributed by atoms with Crippen LogP contribution in [0, 0.1) is 0 Å². The van der Waals surface area contributed by atoms with Crippen molar-refractivity contribution < 1.29 is 17.9 Å². The fraction of sp³-hybridized carbons (Fsp3) is 0.500. The van der Waals surface area contributed by atoms with E-state index in [9.17, 15) is 13.2 Å². The third kappa shape index (κ3) is 4.55. The van der Waals surface area contributed by atoms with Crippen LogP contribution in [0.25, 0.3) is 0 Å². The van der Waals surface area contributed by atoms with Gasteiger partial charge in [-0.1, -0.05) is 0 Å². The number of rotatable bonds is 4. The molecule has 1 aromatic carbocycles. The molecule has 0 radical (unpaired) electrons. The number of morpholine rings is 1. The Morgan fingerprint density at radius 1 is 1.38 bits per heavy atom. The Hall–Kier alpha value is -1.93. The summed E-state index contributed by atoms with van der Waals surface area (Å²) in [5.41, 5.74) is -0.0758. The fourth-order valence-corrected chi connectivity index (χ4v) is 2.49. The highest BCUT2D eigenvalue weighted by Crippen LogP contribution is 2.30. The molecule has 1 unspecified atom stereocenters. The smallest absolute Gasteiger partial charge is 0.379 e. The van der Waals surface area contributed by atoms with Crippen LogP contribution in [0.15, 0.2) is 34.5 Å². The van der Waals surface area contributed by atoms with Crippen LogP contribution >= 0.6 is 0 Å². The molecule has 0 bridgehead atoms. The standard InChI is InChI=1S/C16H21F3N4O/c1-12-11-24-9-8-23(12)10-15(21-20-2)22(3)14-6-4-13(5-7-14)16(17,18)19/h4-7,12H,2,8-11H2,1,3H3/b21-15-. The Morgan fingerprint density at radius 3 is 2.58 bits per heavy atom. The van der Waals surface area contributed by atoms with E-state index in [2.05, 4.69) is 28.7 Å². The van der Waals surface area contributed by atoms with Crippen molar-refractivity contribution in [2.24, 2.45) is 10.2 Å². The van der Waals surface area contributed by atoms with E-state index in [4.69, 9.17) is 4.74 Å². The second-order valence-corrected chi connectivity index (χ2v) is 5.66. The van der Waals surface area contributed by atoms with Gasteiger partial charge in [0.2, 0.25) is 0 Å². The lowest BCUT2D eigenvalue weighted by atomic mass is 10.2. The number of hydrogen-bond acceptors (Lipinski definition) is 4. The molecule has 5 nitrogen and oxygen atoms in total. The molecule has 0 aromatic heterocycles. The van der Waals surface area contributed by atoms with Gasteiger partial charge in [0, 0.05) is 32.0 Å². The van der Waals surface area contributed by atoms with Gasteiger partial charge in [-0.3, -0.25) is 4.90 Å². The van der Waals surface area contributed by atoms with Crippen LogP contribution < -0.4 is 4.90 Å². The molecule has 1 fully saturated rings. The predicted octanol–water partition coefficient (Wildman–Crippen LogP) is 2.88. The molecule has 0 saturated carbocycles. The topological polar surface area (TPSA) is 40.4 Å². The van der Waals surface area contributed by atoms with Crippen LogP contribution in [0.4, 0.5) is 18.9 Å². The van der Waals surface area contributed by atoms with Gasteiger partial charge in [-0.05, 0) is 31.2 Å². The molecule has 1 aliphatic heterocycles. The van der Waals surface area contributed by atoms with Crippen LogP contribution in [0.3, 0.4) is 0 Å². The number of hydrogen-bond donors (Lipinski definition) is 0. The average Bonchev–Trinajstić information content (AvgIpc) is 2.55. The van der Waals surface area contributed by atoms with E-state index in [1.165, 1.54) is 12.1 Å². The minimum Gasteiger partial charge on any atom is -0.379 e. The normalized spacial score (nSPS) is 20.0. The van der Waals surface area contributed by atoms with Crippen molar-refractivity contribution in [2.45, 2.75) is 19.1 Å². The molecule has 0 N–H and O–H groups in total. The minimum absolute atomic E-state index is 0.231. The van der Waals surface area contributed by atoms with Crippen molar-refractivity contribution in [3.8, 4) is 0 Å². The molecule has 1 saturated heterocycles. The number of alkyl halides is 3. The van der Waals surface area contributed by atoms with E-state index in [0.29, 0.717) is 31.3 Å². The monoisotopic (exact) mass is 342 g/mol. The Bertz CT molecular complexity index is 586. The molecule has 2 rings (SSSR count). The van der Waals surface area contributed by atoms with Crippen LogP contribution in [-0.4, -0.2) is 56.8 Å². The van der Waals surface area contributed by atoms with E-state index in [-0.39, 0.29) is 6.04 Å². The Balaban J connectivity index is 2.15. The second kappa shape index (κ2) is 7.76. The van der Waals surface area contributed by atoms with E-state index in [1.807, 2.05) is 0 Å². The number of likely N-dealkylation sites (N-methyl/N-ethyl adjacent to an activating group) is 1. The molecule has 0 amide bonds. The zero-order valence-electron chi connectivity index (χ0n) is 13.8. The van der Waals surface area contributed by atoms with Gasteiger partial charge in [0.15, 0.2) is 0 Å². The third-order valence-corrected chi connectivity index (χ3v) is 4.00. The maximum Gasteiger partial charge on any atom is 0.416 e. The van der Waals surface area contributed by atoms with Gasteiger partial charge in [0.05, 0.1) is 25.3 Å². The minimum atomic E-state index is -4.35. The molecule has 132 valence electrons. The first-order valence-corrected chi connectivity index (χ1v) is 7.58. The van der Waals surface area contributed by atoms with Gasteiger partial charge < -0.3 is 9.64 Å². The third-order valence-electron chi connectivity index (χ3n) is 4.00. The molecular formula is C16H21F3N4O. The number of anilines is 1. The van der Waals surface area contributed by atoms with Crippen LogP contribution in [0.1, 0.15) is 12.5 Å². The van der Waals surface area contributed by atoms with Crippen molar-refractivity contribution in [3.05, 3.63) is 29.8 Å². The average molecular weight is 342 g/mol. The maximum absolute atomic E-state index is 12.7. The summed E-state index contributed by atoms with van der Waals surface area (Å²) in [6.07, 6.45) is -4.35. The molecule has 24 heavy (non-hydrogen) atoms. The van der Waals surface area contributed by atoms with Crippen molar-refractivity contribution in [1.82, 2.24) is 4.90 Å². The Morgan fingerprint density at radius 2 is 2.04 bits per heavy atom. The highest BCUT2D eigenvalue weighted by molar-refractivity contribution is 5.98.